The van der Waals surface area contributed by atoms with Gasteiger partial charge in [0.1, 0.15) is 6.10 Å². The van der Waals surface area contributed by atoms with Gasteiger partial charge in [-0.25, -0.2) is 0 Å². The van der Waals surface area contributed by atoms with Crippen LogP contribution in [0.25, 0.3) is 0 Å². The van der Waals surface area contributed by atoms with Gasteiger partial charge in [-0.15, -0.1) is 0 Å². The zero-order valence-corrected chi connectivity index (χ0v) is 9.31. The number of hydrogen-bond acceptors (Lipinski definition) is 2. The van der Waals surface area contributed by atoms with Crippen LogP contribution in [-0.4, -0.2) is 17.0 Å². The molecule has 2 atom stereocenters. The number of aliphatic hydroxyl groups excluding tert-OH is 1. The highest BCUT2D eigenvalue weighted by atomic mass is 16.3. The van der Waals surface area contributed by atoms with Crippen molar-refractivity contribution >= 4 is 5.78 Å². The van der Waals surface area contributed by atoms with Crippen molar-refractivity contribution in [3.63, 3.8) is 0 Å². The smallest absolute Gasteiger partial charge is 0.191 e. The van der Waals surface area contributed by atoms with E-state index in [2.05, 4.69) is 6.92 Å². The third-order valence-electron chi connectivity index (χ3n) is 2.61. The summed E-state index contributed by atoms with van der Waals surface area (Å²) in [6.07, 6.45) is 0.993. The fourth-order valence-electron chi connectivity index (χ4n) is 1.64. The highest BCUT2D eigenvalue weighted by molar-refractivity contribution is 5.99. The number of ketones is 1. The number of carbonyl (C=O) groups excluding carboxylic acids is 1. The summed E-state index contributed by atoms with van der Waals surface area (Å²) in [7, 11) is 0. The lowest BCUT2D eigenvalue weighted by molar-refractivity contribution is 0.0613. The molecule has 1 rings (SSSR count). The molecule has 0 bridgehead atoms. The highest BCUT2D eigenvalue weighted by Gasteiger charge is 2.22. The van der Waals surface area contributed by atoms with Gasteiger partial charge in [0, 0.05) is 5.56 Å². The Bertz CT molecular complexity index is 306. The topological polar surface area (TPSA) is 37.3 Å². The number of carbonyl (C=O) groups is 1. The number of Topliss-reactive ketones (excluding diaryl/α,β-unsaturated/α-hetero) is 1. The molecule has 0 heterocycles. The molecule has 2 unspecified atom stereocenters. The van der Waals surface area contributed by atoms with Crippen molar-refractivity contribution < 1.29 is 9.90 Å². The van der Waals surface area contributed by atoms with Crippen molar-refractivity contribution in [3.05, 3.63) is 35.9 Å². The number of aliphatic hydroxyl groups is 1. The Labute approximate surface area is 90.9 Å². The minimum absolute atomic E-state index is 0.0303. The Morgan fingerprint density at radius 1 is 1.33 bits per heavy atom. The zero-order chi connectivity index (χ0) is 11.3. The summed E-state index contributed by atoms with van der Waals surface area (Å²) >= 11 is 0. The fraction of sp³-hybridized carbons (Fsp3) is 0.462. The molecular weight excluding hydrogens is 188 g/mol. The average Bonchev–Trinajstić information content (AvgIpc) is 2.28. The lowest BCUT2D eigenvalue weighted by Crippen LogP contribution is -2.27. The predicted octanol–water partition coefficient (Wildman–Crippen LogP) is 2.67. The van der Waals surface area contributed by atoms with Crippen LogP contribution >= 0.6 is 0 Å². The summed E-state index contributed by atoms with van der Waals surface area (Å²) in [5.74, 6) is -0.140. The Kier molecular flexibility index (Phi) is 4.50. The predicted molar refractivity (Wildman–Crippen MR) is 60.9 cm³/mol. The first-order valence-electron chi connectivity index (χ1n) is 5.44. The Hall–Kier alpha value is -1.15. The first kappa shape index (κ1) is 11.9. The van der Waals surface area contributed by atoms with Crippen molar-refractivity contribution in [2.75, 3.05) is 0 Å². The van der Waals surface area contributed by atoms with Crippen LogP contribution in [0.5, 0.6) is 0 Å². The molecule has 0 fully saturated rings. The van der Waals surface area contributed by atoms with Crippen LogP contribution in [0.4, 0.5) is 0 Å². The van der Waals surface area contributed by atoms with Gasteiger partial charge in [-0.3, -0.25) is 4.79 Å². The summed E-state index contributed by atoms with van der Waals surface area (Å²) in [6.45, 7) is 3.96. The van der Waals surface area contributed by atoms with Gasteiger partial charge in [0.05, 0.1) is 0 Å². The SMILES string of the molecule is CCCC(C)C(O)C(=O)c1ccccc1. The van der Waals surface area contributed by atoms with E-state index in [9.17, 15) is 9.90 Å². The Balaban J connectivity index is 2.69. The lowest BCUT2D eigenvalue weighted by Gasteiger charge is -2.16. The molecule has 0 aliphatic rings. The van der Waals surface area contributed by atoms with E-state index >= 15 is 0 Å². The number of benzene rings is 1. The standard InChI is InChI=1S/C13H18O2/c1-3-7-10(2)12(14)13(15)11-8-5-4-6-9-11/h4-6,8-10,12,14H,3,7H2,1-2H3. The maximum absolute atomic E-state index is 11.8. The van der Waals surface area contributed by atoms with Gasteiger partial charge in [-0.05, 0) is 12.3 Å². The molecule has 15 heavy (non-hydrogen) atoms. The minimum Gasteiger partial charge on any atom is -0.385 e. The molecule has 0 amide bonds. The maximum Gasteiger partial charge on any atom is 0.191 e. The third kappa shape index (κ3) is 3.17. The van der Waals surface area contributed by atoms with Crippen LogP contribution in [0, 0.1) is 5.92 Å². The van der Waals surface area contributed by atoms with Gasteiger partial charge < -0.3 is 5.11 Å². The molecule has 0 spiro atoms. The first-order valence-corrected chi connectivity index (χ1v) is 5.44. The third-order valence-corrected chi connectivity index (χ3v) is 2.61. The second-order valence-corrected chi connectivity index (χ2v) is 3.94. The maximum atomic E-state index is 11.8. The lowest BCUT2D eigenvalue weighted by atomic mass is 9.93. The normalized spacial score (nSPS) is 14.6. The van der Waals surface area contributed by atoms with E-state index in [1.807, 2.05) is 25.1 Å². The summed E-state index contributed by atoms with van der Waals surface area (Å²) in [4.78, 5) is 11.8. The van der Waals surface area contributed by atoms with Crippen molar-refractivity contribution in [2.45, 2.75) is 32.8 Å². The van der Waals surface area contributed by atoms with Gasteiger partial charge in [0.25, 0.3) is 0 Å². The minimum atomic E-state index is -0.868. The summed E-state index contributed by atoms with van der Waals surface area (Å²) in [5.41, 5.74) is 0.591. The van der Waals surface area contributed by atoms with Gasteiger partial charge >= 0.3 is 0 Å². The Morgan fingerprint density at radius 3 is 2.47 bits per heavy atom. The van der Waals surface area contributed by atoms with Crippen molar-refractivity contribution in [1.82, 2.24) is 0 Å². The van der Waals surface area contributed by atoms with Crippen molar-refractivity contribution in [3.8, 4) is 0 Å². The van der Waals surface area contributed by atoms with E-state index in [0.717, 1.165) is 12.8 Å². The second-order valence-electron chi connectivity index (χ2n) is 3.94. The first-order chi connectivity index (χ1) is 7.16. The van der Waals surface area contributed by atoms with E-state index in [0.29, 0.717) is 5.56 Å². The monoisotopic (exact) mass is 206 g/mol. The van der Waals surface area contributed by atoms with E-state index in [-0.39, 0.29) is 11.7 Å². The molecule has 2 heteroatoms. The molecule has 0 saturated heterocycles. The number of rotatable bonds is 5. The van der Waals surface area contributed by atoms with Gasteiger partial charge in [-0.1, -0.05) is 50.6 Å². The molecule has 0 aromatic heterocycles. The van der Waals surface area contributed by atoms with E-state index in [1.54, 1.807) is 12.1 Å². The van der Waals surface area contributed by atoms with Crippen LogP contribution in [-0.2, 0) is 0 Å². The van der Waals surface area contributed by atoms with Crippen molar-refractivity contribution in [2.24, 2.45) is 5.92 Å². The molecule has 2 nitrogen and oxygen atoms in total. The van der Waals surface area contributed by atoms with Crippen LogP contribution < -0.4 is 0 Å². The van der Waals surface area contributed by atoms with Crippen molar-refractivity contribution in [1.29, 1.82) is 0 Å². The summed E-state index contributed by atoms with van der Waals surface area (Å²) in [6, 6.07) is 8.96. The van der Waals surface area contributed by atoms with E-state index < -0.39 is 6.10 Å². The summed E-state index contributed by atoms with van der Waals surface area (Å²) in [5, 5.41) is 9.82. The van der Waals surface area contributed by atoms with E-state index in [1.165, 1.54) is 0 Å². The van der Waals surface area contributed by atoms with Crippen LogP contribution in [0.1, 0.15) is 37.0 Å². The summed E-state index contributed by atoms with van der Waals surface area (Å²) < 4.78 is 0. The molecule has 1 aromatic carbocycles. The molecular formula is C13H18O2. The van der Waals surface area contributed by atoms with Crippen LogP contribution in [0.3, 0.4) is 0 Å². The molecule has 82 valence electrons. The Morgan fingerprint density at radius 2 is 1.93 bits per heavy atom. The van der Waals surface area contributed by atoms with Gasteiger partial charge in [0.2, 0.25) is 0 Å². The fourth-order valence-corrected chi connectivity index (χ4v) is 1.64. The number of hydrogen-bond donors (Lipinski definition) is 1. The molecule has 0 aliphatic carbocycles. The second kappa shape index (κ2) is 5.66. The average molecular weight is 206 g/mol. The van der Waals surface area contributed by atoms with Gasteiger partial charge in [-0.2, -0.15) is 0 Å². The quantitative estimate of drug-likeness (QED) is 0.752. The molecule has 0 saturated carbocycles. The molecule has 1 aromatic rings. The highest BCUT2D eigenvalue weighted by Crippen LogP contribution is 2.15. The molecule has 0 radical (unpaired) electrons. The molecule has 1 N–H and O–H groups in total. The van der Waals surface area contributed by atoms with Gasteiger partial charge in [0.15, 0.2) is 5.78 Å². The zero-order valence-electron chi connectivity index (χ0n) is 9.31. The van der Waals surface area contributed by atoms with E-state index in [4.69, 9.17) is 0 Å². The molecule has 0 aliphatic heterocycles. The van der Waals surface area contributed by atoms with Crippen LogP contribution in [0.2, 0.25) is 0 Å². The van der Waals surface area contributed by atoms with Crippen LogP contribution in [0.15, 0.2) is 30.3 Å². The largest absolute Gasteiger partial charge is 0.385 e.